The van der Waals surface area contributed by atoms with E-state index in [1.165, 1.54) is 14.2 Å². The van der Waals surface area contributed by atoms with Crippen molar-refractivity contribution in [2.45, 2.75) is 33.2 Å². The van der Waals surface area contributed by atoms with Gasteiger partial charge in [-0.2, -0.15) is 0 Å². The highest BCUT2D eigenvalue weighted by Gasteiger charge is 2.26. The fourth-order valence-electron chi connectivity index (χ4n) is 2.32. The van der Waals surface area contributed by atoms with Gasteiger partial charge in [-0.3, -0.25) is 4.90 Å². The molecule has 0 saturated carbocycles. The van der Waals surface area contributed by atoms with E-state index in [0.717, 1.165) is 13.1 Å². The Hall–Kier alpha value is -1.75. The molecule has 0 bridgehead atoms. The quantitative estimate of drug-likeness (QED) is 0.545. The van der Waals surface area contributed by atoms with Gasteiger partial charge in [0.05, 0.1) is 14.2 Å². The van der Waals surface area contributed by atoms with Gasteiger partial charge >= 0.3 is 5.97 Å². The molecule has 1 atom stereocenters. The molecule has 0 spiro atoms. The molecule has 0 heterocycles. The van der Waals surface area contributed by atoms with Gasteiger partial charge in [0, 0.05) is 0 Å². The molecule has 1 unspecified atom stereocenters. The van der Waals surface area contributed by atoms with E-state index < -0.39 is 0 Å². The SMILES string of the molecule is CCC(C(=O)Oc1c(OC)cccc1OC)N(CC)CC. The fourth-order valence-corrected chi connectivity index (χ4v) is 2.32. The lowest BCUT2D eigenvalue weighted by Crippen LogP contribution is -2.42. The van der Waals surface area contributed by atoms with Gasteiger partial charge in [-0.25, -0.2) is 4.79 Å². The van der Waals surface area contributed by atoms with Gasteiger partial charge in [0.1, 0.15) is 6.04 Å². The second-order valence-corrected chi connectivity index (χ2v) is 4.56. The number of esters is 1. The third-order valence-corrected chi connectivity index (χ3v) is 3.50. The lowest BCUT2D eigenvalue weighted by molar-refractivity contribution is -0.140. The van der Waals surface area contributed by atoms with Crippen molar-refractivity contribution in [3.05, 3.63) is 18.2 Å². The maximum absolute atomic E-state index is 12.5. The number of carbonyl (C=O) groups is 1. The van der Waals surface area contributed by atoms with Crippen LogP contribution >= 0.6 is 0 Å². The zero-order valence-electron chi connectivity index (χ0n) is 13.5. The molecule has 0 fully saturated rings. The number of likely N-dealkylation sites (N-methyl/N-ethyl adjacent to an activating group) is 1. The van der Waals surface area contributed by atoms with E-state index in [-0.39, 0.29) is 12.0 Å². The lowest BCUT2D eigenvalue weighted by atomic mass is 10.2. The van der Waals surface area contributed by atoms with Crippen LogP contribution in [0.4, 0.5) is 0 Å². The monoisotopic (exact) mass is 295 g/mol. The van der Waals surface area contributed by atoms with E-state index in [1.807, 2.05) is 20.8 Å². The maximum Gasteiger partial charge on any atom is 0.329 e. The van der Waals surface area contributed by atoms with Gasteiger partial charge < -0.3 is 14.2 Å². The molecule has 1 rings (SSSR count). The highest BCUT2D eigenvalue weighted by Crippen LogP contribution is 2.37. The van der Waals surface area contributed by atoms with Gasteiger partial charge in [0.15, 0.2) is 11.5 Å². The van der Waals surface area contributed by atoms with Crippen LogP contribution in [0.2, 0.25) is 0 Å². The summed E-state index contributed by atoms with van der Waals surface area (Å²) in [6.45, 7) is 7.64. The predicted octanol–water partition coefficient (Wildman–Crippen LogP) is 2.73. The summed E-state index contributed by atoms with van der Waals surface area (Å²) in [6, 6.07) is 5.00. The summed E-state index contributed by atoms with van der Waals surface area (Å²) in [5.41, 5.74) is 0. The summed E-state index contributed by atoms with van der Waals surface area (Å²) in [4.78, 5) is 14.5. The minimum absolute atomic E-state index is 0.269. The van der Waals surface area contributed by atoms with Crippen molar-refractivity contribution in [3.8, 4) is 17.2 Å². The van der Waals surface area contributed by atoms with Crippen LogP contribution in [0.15, 0.2) is 18.2 Å². The van der Waals surface area contributed by atoms with E-state index in [2.05, 4.69) is 4.90 Å². The molecule has 21 heavy (non-hydrogen) atoms. The maximum atomic E-state index is 12.5. The zero-order valence-corrected chi connectivity index (χ0v) is 13.5. The molecule has 0 radical (unpaired) electrons. The molecule has 1 aromatic carbocycles. The fraction of sp³-hybridized carbons (Fsp3) is 0.562. The number of para-hydroxylation sites is 1. The van der Waals surface area contributed by atoms with Crippen LogP contribution in [-0.2, 0) is 4.79 Å². The standard InChI is InChI=1S/C16H25NO4/c1-6-12(17(7-2)8-3)16(18)21-15-13(19-4)10-9-11-14(15)20-5/h9-12H,6-8H2,1-5H3. The van der Waals surface area contributed by atoms with Gasteiger partial charge in [-0.15, -0.1) is 0 Å². The average Bonchev–Trinajstić information content (AvgIpc) is 2.52. The number of benzene rings is 1. The normalized spacial score (nSPS) is 12.1. The van der Waals surface area contributed by atoms with Gasteiger partial charge in [0.2, 0.25) is 5.75 Å². The van der Waals surface area contributed by atoms with Crippen molar-refractivity contribution in [1.82, 2.24) is 4.90 Å². The van der Waals surface area contributed by atoms with Crippen molar-refractivity contribution in [1.29, 1.82) is 0 Å². The molecule has 0 saturated heterocycles. The first kappa shape index (κ1) is 17.3. The first-order valence-electron chi connectivity index (χ1n) is 7.29. The number of methoxy groups -OCH3 is 2. The van der Waals surface area contributed by atoms with E-state index >= 15 is 0 Å². The van der Waals surface area contributed by atoms with Crippen LogP contribution in [-0.4, -0.2) is 44.2 Å². The Bertz CT molecular complexity index is 435. The first-order valence-corrected chi connectivity index (χ1v) is 7.29. The predicted molar refractivity (Wildman–Crippen MR) is 82.2 cm³/mol. The van der Waals surface area contributed by atoms with Gasteiger partial charge in [-0.05, 0) is 31.6 Å². The molecular formula is C16H25NO4. The summed E-state index contributed by atoms with van der Waals surface area (Å²) < 4.78 is 16.1. The van der Waals surface area contributed by atoms with Crippen molar-refractivity contribution in [3.63, 3.8) is 0 Å². The minimum Gasteiger partial charge on any atom is -0.493 e. The van der Waals surface area contributed by atoms with Crippen LogP contribution in [0.3, 0.4) is 0 Å². The Balaban J connectivity index is 3.01. The second-order valence-electron chi connectivity index (χ2n) is 4.56. The molecule has 0 aliphatic heterocycles. The smallest absolute Gasteiger partial charge is 0.329 e. The molecule has 0 aliphatic carbocycles. The molecule has 0 aromatic heterocycles. The second kappa shape index (κ2) is 8.52. The summed E-state index contributed by atoms with van der Waals surface area (Å²) in [6.07, 6.45) is 0.692. The Morgan fingerprint density at radius 2 is 1.62 bits per heavy atom. The number of carbonyl (C=O) groups excluding carboxylic acids is 1. The van der Waals surface area contributed by atoms with E-state index in [0.29, 0.717) is 23.7 Å². The average molecular weight is 295 g/mol. The molecule has 1 aromatic rings. The molecule has 0 amide bonds. The number of hydrogen-bond donors (Lipinski definition) is 0. The largest absolute Gasteiger partial charge is 0.493 e. The van der Waals surface area contributed by atoms with E-state index in [9.17, 15) is 4.79 Å². The van der Waals surface area contributed by atoms with Crippen LogP contribution in [0.5, 0.6) is 17.2 Å². The van der Waals surface area contributed by atoms with Crippen molar-refractivity contribution in [2.24, 2.45) is 0 Å². The third-order valence-electron chi connectivity index (χ3n) is 3.50. The highest BCUT2D eigenvalue weighted by atomic mass is 16.6. The van der Waals surface area contributed by atoms with E-state index in [1.54, 1.807) is 18.2 Å². The Kier molecular flexibility index (Phi) is 7.02. The zero-order chi connectivity index (χ0) is 15.8. The Morgan fingerprint density at radius 3 is 2.00 bits per heavy atom. The number of ether oxygens (including phenoxy) is 3. The minimum atomic E-state index is -0.288. The summed E-state index contributed by atoms with van der Waals surface area (Å²) in [7, 11) is 3.07. The first-order chi connectivity index (χ1) is 10.1. The summed E-state index contributed by atoms with van der Waals surface area (Å²) in [5.74, 6) is 1.01. The number of rotatable bonds is 8. The van der Waals surface area contributed by atoms with Crippen LogP contribution in [0, 0.1) is 0 Å². The Morgan fingerprint density at radius 1 is 1.10 bits per heavy atom. The number of hydrogen-bond acceptors (Lipinski definition) is 5. The Labute approximate surface area is 126 Å². The lowest BCUT2D eigenvalue weighted by Gasteiger charge is -2.27. The number of nitrogens with zero attached hydrogens (tertiary/aromatic N) is 1. The molecule has 118 valence electrons. The molecule has 0 aliphatic rings. The summed E-state index contributed by atoms with van der Waals surface area (Å²) in [5, 5.41) is 0. The van der Waals surface area contributed by atoms with Gasteiger partial charge in [-0.1, -0.05) is 26.8 Å². The molecule has 5 heteroatoms. The van der Waals surface area contributed by atoms with Crippen LogP contribution in [0.25, 0.3) is 0 Å². The summed E-state index contributed by atoms with van der Waals surface area (Å²) >= 11 is 0. The van der Waals surface area contributed by atoms with Gasteiger partial charge in [0.25, 0.3) is 0 Å². The molecule has 5 nitrogen and oxygen atoms in total. The molecular weight excluding hydrogens is 270 g/mol. The van der Waals surface area contributed by atoms with E-state index in [4.69, 9.17) is 14.2 Å². The van der Waals surface area contributed by atoms with Crippen LogP contribution < -0.4 is 14.2 Å². The molecule has 0 N–H and O–H groups in total. The third kappa shape index (κ3) is 4.11. The van der Waals surface area contributed by atoms with Crippen LogP contribution in [0.1, 0.15) is 27.2 Å². The highest BCUT2D eigenvalue weighted by molar-refractivity contribution is 5.79. The van der Waals surface area contributed by atoms with Crippen molar-refractivity contribution >= 4 is 5.97 Å². The topological polar surface area (TPSA) is 48.0 Å². The van der Waals surface area contributed by atoms with Crippen molar-refractivity contribution < 1.29 is 19.0 Å². The van der Waals surface area contributed by atoms with Crippen molar-refractivity contribution in [2.75, 3.05) is 27.3 Å².